The van der Waals surface area contributed by atoms with E-state index in [-0.39, 0.29) is 25.2 Å². The summed E-state index contributed by atoms with van der Waals surface area (Å²) in [5.74, 6) is 1.35. The molecule has 0 aromatic heterocycles. The Morgan fingerprint density at radius 3 is 1.80 bits per heavy atom. The van der Waals surface area contributed by atoms with E-state index < -0.39 is 14.7 Å². The van der Waals surface area contributed by atoms with E-state index in [9.17, 15) is 9.59 Å². The molecule has 1 aliphatic carbocycles. The van der Waals surface area contributed by atoms with Crippen molar-refractivity contribution in [3.05, 3.63) is 0 Å². The van der Waals surface area contributed by atoms with Gasteiger partial charge in [0.15, 0.2) is 6.10 Å². The lowest BCUT2D eigenvalue weighted by atomic mass is 9.99. The first-order chi connectivity index (χ1) is 22.0. The Morgan fingerprint density at radius 1 is 0.733 bits per heavy atom. The molecular formula is C36H70NO7P. The predicted molar refractivity (Wildman–Crippen MR) is 185 cm³/mol. The Hall–Kier alpha value is -0.790. The lowest BCUT2D eigenvalue weighted by Gasteiger charge is -2.20. The molecule has 2 N–H and O–H groups in total. The first-order valence-electron chi connectivity index (χ1n) is 18.6. The summed E-state index contributed by atoms with van der Waals surface area (Å²) in [7, 11) is -0.117. The Bertz CT molecular complexity index is 694. The van der Waals surface area contributed by atoms with Gasteiger partial charge in [0.25, 0.3) is 0 Å². The Labute approximate surface area is 277 Å². The van der Waals surface area contributed by atoms with Crippen molar-refractivity contribution >= 4 is 20.5 Å². The van der Waals surface area contributed by atoms with Crippen LogP contribution in [0.25, 0.3) is 0 Å². The van der Waals surface area contributed by atoms with Crippen molar-refractivity contribution in [1.82, 2.24) is 0 Å². The molecule has 0 amide bonds. The number of ether oxygens (including phenoxy) is 2. The first kappa shape index (κ1) is 42.2. The zero-order chi connectivity index (χ0) is 32.8. The second-order valence-corrected chi connectivity index (χ2v) is 14.5. The van der Waals surface area contributed by atoms with Crippen LogP contribution in [0.5, 0.6) is 0 Å². The van der Waals surface area contributed by atoms with Gasteiger partial charge in [0.1, 0.15) is 6.61 Å². The number of esters is 2. The summed E-state index contributed by atoms with van der Waals surface area (Å²) in [5, 5.41) is 0. The van der Waals surface area contributed by atoms with Crippen LogP contribution in [-0.2, 0) is 32.6 Å². The number of rotatable bonds is 34. The predicted octanol–water partition coefficient (Wildman–Crippen LogP) is 9.95. The average molecular weight is 660 g/mol. The molecule has 9 heteroatoms. The molecule has 8 nitrogen and oxygen atoms in total. The summed E-state index contributed by atoms with van der Waals surface area (Å²) in [5.41, 5.74) is 5.51. The van der Waals surface area contributed by atoms with Crippen molar-refractivity contribution in [1.29, 1.82) is 0 Å². The van der Waals surface area contributed by atoms with Gasteiger partial charge in [-0.15, -0.1) is 0 Å². The van der Waals surface area contributed by atoms with Crippen molar-refractivity contribution in [2.45, 2.75) is 174 Å². The number of nitrogens with two attached hydrogens (primary N) is 1. The maximum absolute atomic E-state index is 12.6. The lowest BCUT2D eigenvalue weighted by Crippen LogP contribution is -2.29. The van der Waals surface area contributed by atoms with Crippen LogP contribution in [0.2, 0.25) is 0 Å². The first-order valence-corrected chi connectivity index (χ1v) is 19.7. The highest BCUT2D eigenvalue weighted by atomic mass is 31.2. The number of hydrogen-bond acceptors (Lipinski definition) is 8. The van der Waals surface area contributed by atoms with Crippen molar-refractivity contribution in [3.63, 3.8) is 0 Å². The Kier molecular flexibility index (Phi) is 28.7. The van der Waals surface area contributed by atoms with Crippen LogP contribution >= 0.6 is 8.60 Å². The van der Waals surface area contributed by atoms with E-state index in [1.54, 1.807) is 0 Å². The lowest BCUT2D eigenvalue weighted by molar-refractivity contribution is -0.161. The molecular weight excluding hydrogens is 589 g/mol. The summed E-state index contributed by atoms with van der Waals surface area (Å²) in [6, 6.07) is 0. The molecule has 1 rings (SSSR count). The smallest absolute Gasteiger partial charge is 0.332 e. The molecule has 0 spiro atoms. The largest absolute Gasteiger partial charge is 0.462 e. The van der Waals surface area contributed by atoms with Crippen molar-refractivity contribution in [2.24, 2.45) is 17.6 Å². The minimum Gasteiger partial charge on any atom is -0.462 e. The number of carbonyl (C=O) groups excluding carboxylic acids is 2. The molecule has 1 aliphatic rings. The third-order valence-electron chi connectivity index (χ3n) is 8.77. The van der Waals surface area contributed by atoms with Crippen LogP contribution in [0, 0.1) is 11.8 Å². The number of carbonyl (C=O) groups is 2. The van der Waals surface area contributed by atoms with Gasteiger partial charge in [0.05, 0.1) is 13.2 Å². The van der Waals surface area contributed by atoms with Gasteiger partial charge in [0.2, 0.25) is 0 Å². The van der Waals surface area contributed by atoms with Crippen LogP contribution in [0.3, 0.4) is 0 Å². The fourth-order valence-corrected chi connectivity index (χ4v) is 6.23. The normalized spacial score (nSPS) is 15.1. The van der Waals surface area contributed by atoms with Gasteiger partial charge < -0.3 is 28.8 Å². The van der Waals surface area contributed by atoms with Gasteiger partial charge in [-0.25, -0.2) is 0 Å². The van der Waals surface area contributed by atoms with Gasteiger partial charge in [0, 0.05) is 26.5 Å². The van der Waals surface area contributed by atoms with Crippen LogP contribution in [0.4, 0.5) is 0 Å². The molecule has 1 saturated carbocycles. The van der Waals surface area contributed by atoms with Gasteiger partial charge in [-0.05, 0) is 24.7 Å². The minimum absolute atomic E-state index is 0.0289. The van der Waals surface area contributed by atoms with E-state index in [1.807, 2.05) is 0 Å². The molecule has 0 saturated heterocycles. The van der Waals surface area contributed by atoms with Crippen molar-refractivity contribution in [2.75, 3.05) is 33.5 Å². The highest BCUT2D eigenvalue weighted by Gasteiger charge is 2.21. The van der Waals surface area contributed by atoms with E-state index in [2.05, 4.69) is 13.8 Å². The summed E-state index contributed by atoms with van der Waals surface area (Å²) >= 11 is 0. The third-order valence-corrected chi connectivity index (χ3v) is 9.82. The van der Waals surface area contributed by atoms with E-state index in [4.69, 9.17) is 28.8 Å². The summed E-state index contributed by atoms with van der Waals surface area (Å²) < 4.78 is 27.5. The molecule has 3 atom stereocenters. The quantitative estimate of drug-likeness (QED) is 0.0413. The van der Waals surface area contributed by atoms with E-state index in [1.165, 1.54) is 110 Å². The molecule has 266 valence electrons. The molecule has 0 bridgehead atoms. The van der Waals surface area contributed by atoms with Gasteiger partial charge in [-0.1, -0.05) is 142 Å². The average Bonchev–Trinajstić information content (AvgIpc) is 3.87. The zero-order valence-electron chi connectivity index (χ0n) is 29.4. The second-order valence-electron chi connectivity index (χ2n) is 13.2. The van der Waals surface area contributed by atoms with Crippen LogP contribution in [0.15, 0.2) is 0 Å². The van der Waals surface area contributed by atoms with Gasteiger partial charge >= 0.3 is 20.5 Å². The van der Waals surface area contributed by atoms with E-state index >= 15 is 0 Å². The van der Waals surface area contributed by atoms with Gasteiger partial charge in [-0.3, -0.25) is 9.59 Å². The molecule has 3 unspecified atom stereocenters. The topological polar surface area (TPSA) is 106 Å². The van der Waals surface area contributed by atoms with Crippen molar-refractivity contribution < 1.29 is 32.6 Å². The third kappa shape index (κ3) is 28.0. The monoisotopic (exact) mass is 659 g/mol. The fourth-order valence-electron chi connectivity index (χ4n) is 5.41. The number of hydrogen-bond donors (Lipinski definition) is 1. The highest BCUT2D eigenvalue weighted by Crippen LogP contribution is 2.38. The highest BCUT2D eigenvalue weighted by molar-refractivity contribution is 7.41. The maximum atomic E-state index is 12.6. The van der Waals surface area contributed by atoms with Crippen LogP contribution < -0.4 is 5.73 Å². The van der Waals surface area contributed by atoms with Crippen molar-refractivity contribution in [3.8, 4) is 0 Å². The molecule has 0 radical (unpaired) electrons. The number of unbranched alkanes of at least 4 members (excludes halogenated alkanes) is 15. The fraction of sp³-hybridized carbons (Fsp3) is 0.944. The molecule has 45 heavy (non-hydrogen) atoms. The van der Waals surface area contributed by atoms with E-state index in [0.29, 0.717) is 26.0 Å². The molecule has 0 aliphatic heterocycles. The Balaban J connectivity index is 2.19. The Morgan fingerprint density at radius 2 is 1.27 bits per heavy atom. The van der Waals surface area contributed by atoms with Gasteiger partial charge in [-0.2, -0.15) is 0 Å². The van der Waals surface area contributed by atoms with Crippen LogP contribution in [0.1, 0.15) is 168 Å². The molecule has 0 aromatic carbocycles. The molecule has 1 fully saturated rings. The van der Waals surface area contributed by atoms with Crippen LogP contribution in [-0.4, -0.2) is 51.5 Å². The molecule has 0 aromatic rings. The molecule has 0 heterocycles. The zero-order valence-corrected chi connectivity index (χ0v) is 30.3. The standard InChI is InChI=1S/C36H70NO7P/c1-4-32(2)22-18-14-10-8-9-12-16-20-24-35(38)41-30-34(31-43-45(40-3)42-29-28-37)44-36(39)25-21-17-13-7-5-6-11-15-19-23-33-26-27-33/h32-34H,4-31,37H2,1-3H3. The van der Waals surface area contributed by atoms with E-state index in [0.717, 1.165) is 50.4 Å². The summed E-state index contributed by atoms with van der Waals surface area (Å²) in [4.78, 5) is 25.0. The summed E-state index contributed by atoms with van der Waals surface area (Å²) in [6.07, 6.45) is 27.5. The SMILES string of the molecule is CCC(C)CCCCCCCCCCC(=O)OCC(COP(OC)OCCN)OC(=O)CCCCCCCCCCCC1CC1. The second kappa shape index (κ2) is 30.5. The summed E-state index contributed by atoms with van der Waals surface area (Å²) in [6.45, 7) is 5.25. The minimum atomic E-state index is -1.61. The maximum Gasteiger partial charge on any atom is 0.332 e.